The van der Waals surface area contributed by atoms with Crippen LogP contribution in [0.1, 0.15) is 260 Å². The summed E-state index contributed by atoms with van der Waals surface area (Å²) in [5, 5.41) is 19.8. The monoisotopic (exact) mass is 1280 g/mol. The summed E-state index contributed by atoms with van der Waals surface area (Å²) in [5.74, 6) is 5.28. The Hall–Kier alpha value is -2.40. The lowest BCUT2D eigenvalue weighted by molar-refractivity contribution is -0.569. The fraction of sp³-hybridized carbons (Fsp3) is 0.865. The highest BCUT2D eigenvalue weighted by Crippen LogP contribution is 2.60. The van der Waals surface area contributed by atoms with Gasteiger partial charge in [0.2, 0.25) is 0 Å². The molecule has 2 N–H and O–H groups in total. The van der Waals surface area contributed by atoms with Gasteiger partial charge in [0.1, 0.15) is 13.2 Å². The number of likely N-dealkylation sites (tertiary alicyclic amines) is 1. The number of hydrogen-bond donors (Lipinski definition) is 2. The fourth-order valence-electron chi connectivity index (χ4n) is 20.9. The smallest absolute Gasteiger partial charge is 0.311 e. The first-order chi connectivity index (χ1) is 42.5. The average molecular weight is 1280 g/mol. The van der Waals surface area contributed by atoms with Gasteiger partial charge in [0.05, 0.1) is 49.9 Å². The van der Waals surface area contributed by atoms with Gasteiger partial charge in [0.15, 0.2) is 11.8 Å². The van der Waals surface area contributed by atoms with E-state index in [1.165, 1.54) is 112 Å². The van der Waals surface area contributed by atoms with Crippen LogP contribution in [0, 0.1) is 75.4 Å². The van der Waals surface area contributed by atoms with Crippen molar-refractivity contribution in [3.8, 4) is 0 Å². The number of carbonyl (C=O) groups excluding carboxylic acids is 1. The van der Waals surface area contributed by atoms with Gasteiger partial charge in [0.25, 0.3) is 0 Å². The number of fused-ring (bicyclic) bond motifs is 6. The molecule has 506 valence electrons. The zero-order valence-electron chi connectivity index (χ0n) is 56.5. The van der Waals surface area contributed by atoms with Gasteiger partial charge in [-0.1, -0.05) is 84.8 Å². The van der Waals surface area contributed by atoms with Crippen molar-refractivity contribution in [2.45, 2.75) is 285 Å². The Morgan fingerprint density at radius 2 is 1.34 bits per heavy atom. The summed E-state index contributed by atoms with van der Waals surface area (Å²) < 4.78 is 87.0. The first kappa shape index (κ1) is 70.9. The maximum atomic E-state index is 13.2. The number of ether oxygens (including phenoxy) is 2. The highest BCUT2D eigenvalue weighted by molar-refractivity contribution is 7.85. The maximum Gasteiger partial charge on any atom is 0.311 e. The van der Waals surface area contributed by atoms with Crippen LogP contribution in [0.25, 0.3) is 0 Å². The highest BCUT2D eigenvalue weighted by atomic mass is 32.2. The summed E-state index contributed by atoms with van der Waals surface area (Å²) in [4.78, 5) is 15.7. The summed E-state index contributed by atoms with van der Waals surface area (Å²) in [6.45, 7) is 18.0. The van der Waals surface area contributed by atoms with Crippen molar-refractivity contribution in [2.24, 2.45) is 75.4 Å². The first-order valence-corrected chi connectivity index (χ1v) is 39.8. The van der Waals surface area contributed by atoms with Crippen LogP contribution in [0.15, 0.2) is 46.7 Å². The van der Waals surface area contributed by atoms with Crippen LogP contribution < -0.4 is 0 Å². The van der Waals surface area contributed by atoms with Crippen molar-refractivity contribution in [1.29, 1.82) is 0 Å². The largest absolute Gasteiger partial charge is 0.748 e. The molecule has 0 amide bonds. The van der Waals surface area contributed by atoms with Gasteiger partial charge in [-0.2, -0.15) is 0 Å². The summed E-state index contributed by atoms with van der Waals surface area (Å²) in [6.07, 6.45) is 44.5. The molecule has 7 fully saturated rings. The van der Waals surface area contributed by atoms with Crippen molar-refractivity contribution < 1.29 is 55.0 Å². The normalized spacial score (nSPS) is 33.9. The third kappa shape index (κ3) is 17.6. The number of hydrogen-bond acceptors (Lipinski definition) is 12. The van der Waals surface area contributed by atoms with E-state index in [9.17, 15) is 40.9 Å². The van der Waals surface area contributed by atoms with Crippen LogP contribution in [0.4, 0.5) is 0 Å². The van der Waals surface area contributed by atoms with Crippen molar-refractivity contribution in [3.05, 3.63) is 46.7 Å². The molecule has 0 bridgehead atoms. The van der Waals surface area contributed by atoms with Crippen molar-refractivity contribution in [3.63, 3.8) is 0 Å². The molecule has 0 aromatic carbocycles. The minimum absolute atomic E-state index is 0.0411. The van der Waals surface area contributed by atoms with Crippen LogP contribution in [-0.4, -0.2) is 126 Å². The highest BCUT2D eigenvalue weighted by Gasteiger charge is 2.60. The molecule has 89 heavy (non-hydrogen) atoms. The lowest BCUT2D eigenvalue weighted by Gasteiger charge is -2.47. The van der Waals surface area contributed by atoms with Crippen LogP contribution in [-0.2, 0) is 34.5 Å². The molecule has 11 unspecified atom stereocenters. The van der Waals surface area contributed by atoms with E-state index >= 15 is 0 Å². The molecule has 1 saturated heterocycles. The van der Waals surface area contributed by atoms with E-state index < -0.39 is 25.7 Å². The molecule has 0 radical (unpaired) electrons. The molecule has 11 atom stereocenters. The van der Waals surface area contributed by atoms with Gasteiger partial charge in [-0.05, 0) is 251 Å². The van der Waals surface area contributed by atoms with E-state index in [2.05, 4.69) is 75.3 Å². The number of carbonyl (C=O) groups is 1. The SMILES string of the molecule is CCC(CCC(CCC(C)(CC)C(=O)OCCO)C1CCC(O)CC1)C1CCC(OCCCC2=C(/C=C/C3=[N+](CCCS(=O)(=O)[O-])C4CCC5CCCCC5C4C3(C)C)CCC/C2=C\C=C2\N(CCCS(=O)(=O)[O-])C3CCC4CCCCC4C3C2(C)C)CC1. The van der Waals surface area contributed by atoms with Crippen LogP contribution >= 0.6 is 0 Å². The maximum absolute atomic E-state index is 13.2. The Morgan fingerprint density at radius 3 is 2.00 bits per heavy atom. The van der Waals surface area contributed by atoms with Crippen molar-refractivity contribution in [2.75, 3.05) is 44.4 Å². The second-order valence-electron chi connectivity index (χ2n) is 31.5. The third-order valence-electron chi connectivity index (χ3n) is 25.7. The Kier molecular flexibility index (Phi) is 25.0. The summed E-state index contributed by atoms with van der Waals surface area (Å²) in [5.41, 5.74) is 5.93. The zero-order valence-corrected chi connectivity index (χ0v) is 58.1. The molecule has 0 aromatic heterocycles. The molecule has 15 heteroatoms. The van der Waals surface area contributed by atoms with Gasteiger partial charge < -0.3 is 33.7 Å². The second kappa shape index (κ2) is 31.4. The van der Waals surface area contributed by atoms with Crippen LogP contribution in [0.5, 0.6) is 0 Å². The number of nitrogens with zero attached hydrogens (tertiary/aromatic N) is 2. The number of allylic oxidation sites excluding steroid dienone is 8. The van der Waals surface area contributed by atoms with Gasteiger partial charge in [0, 0.05) is 66.6 Å². The van der Waals surface area contributed by atoms with Crippen molar-refractivity contribution in [1.82, 2.24) is 4.90 Å². The molecule has 0 spiro atoms. The van der Waals surface area contributed by atoms with Crippen molar-refractivity contribution >= 4 is 31.9 Å². The van der Waals surface area contributed by atoms with E-state index in [0.29, 0.717) is 98.4 Å². The van der Waals surface area contributed by atoms with Gasteiger partial charge in [-0.3, -0.25) is 4.79 Å². The molecule has 2 heterocycles. The van der Waals surface area contributed by atoms with E-state index in [-0.39, 0.29) is 53.7 Å². The average Bonchev–Trinajstić information content (AvgIpc) is 1.60. The van der Waals surface area contributed by atoms with Gasteiger partial charge in [-0.15, -0.1) is 0 Å². The van der Waals surface area contributed by atoms with Crippen LogP contribution in [0.2, 0.25) is 0 Å². The zero-order chi connectivity index (χ0) is 63.7. The predicted molar refractivity (Wildman–Crippen MR) is 354 cm³/mol. The molecule has 9 aliphatic rings. The number of aliphatic hydroxyl groups is 2. The first-order valence-electron chi connectivity index (χ1n) is 36.6. The summed E-state index contributed by atoms with van der Waals surface area (Å²) in [7, 11) is -8.67. The van der Waals surface area contributed by atoms with E-state index in [1.807, 2.05) is 6.92 Å². The summed E-state index contributed by atoms with van der Waals surface area (Å²) >= 11 is 0. The minimum atomic E-state index is -4.34. The number of aliphatic hydroxyl groups excluding tert-OH is 2. The molecule has 7 aliphatic carbocycles. The molecular weight excluding hydrogens is 1160 g/mol. The molecule has 13 nitrogen and oxygen atoms in total. The molecule has 9 rings (SSSR count). The molecule has 2 aliphatic heterocycles. The Balaban J connectivity index is 0.934. The standard InChI is InChI=1S/C74H122N2O11S2/c1-8-52(25-26-55(54-27-35-60(78)36-28-54)43-44-74(7,9-2)71(79)87-49-47-77)53-29-37-61(38-30-53)86-48-15-24-62-56(33-41-67-72(3,4)69-63-22-12-10-18-58(63)31-39-65(69)75(67)45-16-50-88(80,81)82)20-14-21-57(62)34-42-68-73(5,6)70-64-23-13-11-19-59(64)32-40-66(70)76(68)46-17-51-89(83,84)85/h33-34,41-42,52-55,58-61,63-66,69-70,77-78H,8-32,35-40,43-51H2,1-7H3,(H-,80,81,82,83,84,85)/p-1. The molecule has 6 saturated carbocycles. The number of esters is 1. The lowest BCUT2D eigenvalue weighted by atomic mass is 9.57. The van der Waals surface area contributed by atoms with E-state index in [1.54, 1.807) is 0 Å². The fourth-order valence-corrected chi connectivity index (χ4v) is 21.9. The summed E-state index contributed by atoms with van der Waals surface area (Å²) in [6, 6.07) is 0.678. The Morgan fingerprint density at radius 1 is 0.708 bits per heavy atom. The molecule has 0 aromatic rings. The Labute approximate surface area is 540 Å². The molecular formula is C74H121N2O11S2-. The predicted octanol–water partition coefficient (Wildman–Crippen LogP) is 14.8. The lowest BCUT2D eigenvalue weighted by Crippen LogP contribution is -2.46. The quantitative estimate of drug-likeness (QED) is 0.0312. The van der Waals surface area contributed by atoms with E-state index in [0.717, 1.165) is 121 Å². The third-order valence-corrected chi connectivity index (χ3v) is 27.3. The topological polar surface area (TPSA) is 197 Å². The van der Waals surface area contributed by atoms with Crippen LogP contribution in [0.3, 0.4) is 0 Å². The van der Waals surface area contributed by atoms with Gasteiger partial charge in [-0.25, -0.2) is 21.4 Å². The van der Waals surface area contributed by atoms with E-state index in [4.69, 9.17) is 9.47 Å². The Bertz CT molecular complexity index is 2730. The minimum Gasteiger partial charge on any atom is -0.748 e. The second-order valence-corrected chi connectivity index (χ2v) is 34.6. The number of rotatable bonds is 29. The van der Waals surface area contributed by atoms with Gasteiger partial charge >= 0.3 is 5.97 Å².